The van der Waals surface area contributed by atoms with Crippen LogP contribution in [-0.2, 0) is 4.79 Å². The smallest absolute Gasteiger partial charge is 0.220 e. The summed E-state index contributed by atoms with van der Waals surface area (Å²) >= 11 is 1.87. The lowest BCUT2D eigenvalue weighted by atomic mass is 10.0. The van der Waals surface area contributed by atoms with Gasteiger partial charge in [0.25, 0.3) is 0 Å². The Hall–Kier alpha value is -1.00. The molecule has 0 saturated carbocycles. The summed E-state index contributed by atoms with van der Waals surface area (Å²) in [5.41, 5.74) is 6.83. The molecule has 4 heteroatoms. The Bertz CT molecular complexity index is 436. The second kappa shape index (κ2) is 6.96. The zero-order valence-electron chi connectivity index (χ0n) is 11.4. The molecule has 1 aromatic rings. The molecule has 1 aromatic carbocycles. The third kappa shape index (κ3) is 3.98. The van der Waals surface area contributed by atoms with Gasteiger partial charge in [0.15, 0.2) is 0 Å². The van der Waals surface area contributed by atoms with Gasteiger partial charge in [0, 0.05) is 17.1 Å². The average Bonchev–Trinajstić information content (AvgIpc) is 2.45. The number of carbonyl (C=O) groups is 1. The summed E-state index contributed by atoms with van der Waals surface area (Å²) in [6, 6.07) is 8.53. The van der Waals surface area contributed by atoms with Gasteiger partial charge in [-0.25, -0.2) is 0 Å². The fourth-order valence-electron chi connectivity index (χ4n) is 2.25. The molecule has 19 heavy (non-hydrogen) atoms. The van der Waals surface area contributed by atoms with E-state index in [-0.39, 0.29) is 11.9 Å². The second-order valence-electron chi connectivity index (χ2n) is 5.17. The van der Waals surface area contributed by atoms with Crippen LogP contribution in [0.2, 0.25) is 0 Å². The molecule has 0 radical (unpaired) electrons. The molecule has 2 rings (SSSR count). The number of carbonyl (C=O) groups excluding carboxylic acids is 1. The zero-order chi connectivity index (χ0) is 13.7. The quantitative estimate of drug-likeness (QED) is 0.870. The number of benzene rings is 1. The van der Waals surface area contributed by atoms with Gasteiger partial charge in [-0.2, -0.15) is 0 Å². The third-order valence-electron chi connectivity index (χ3n) is 3.56. The lowest BCUT2D eigenvalue weighted by Gasteiger charge is -2.26. The van der Waals surface area contributed by atoms with E-state index >= 15 is 0 Å². The minimum absolute atomic E-state index is 0.145. The van der Waals surface area contributed by atoms with Crippen LogP contribution in [0.3, 0.4) is 0 Å². The Labute approximate surface area is 119 Å². The molecule has 1 amide bonds. The number of nitrogens with two attached hydrogens (primary N) is 1. The maximum Gasteiger partial charge on any atom is 0.220 e. The van der Waals surface area contributed by atoms with Crippen molar-refractivity contribution >= 4 is 17.7 Å². The van der Waals surface area contributed by atoms with Crippen LogP contribution >= 0.6 is 11.8 Å². The van der Waals surface area contributed by atoms with Crippen LogP contribution in [0.25, 0.3) is 0 Å². The van der Waals surface area contributed by atoms with Gasteiger partial charge in [-0.05, 0) is 36.9 Å². The number of amides is 1. The van der Waals surface area contributed by atoms with E-state index in [9.17, 15) is 4.79 Å². The molecule has 0 fully saturated rings. The minimum atomic E-state index is 0.145. The van der Waals surface area contributed by atoms with Gasteiger partial charge < -0.3 is 11.1 Å². The first kappa shape index (κ1) is 14.4. The molecule has 0 spiro atoms. The van der Waals surface area contributed by atoms with E-state index in [1.54, 1.807) is 0 Å². The molecule has 0 bridgehead atoms. The molecule has 0 aliphatic carbocycles. The van der Waals surface area contributed by atoms with Crippen LogP contribution in [-0.4, -0.2) is 18.2 Å². The monoisotopic (exact) mass is 278 g/mol. The van der Waals surface area contributed by atoms with Crippen molar-refractivity contribution in [2.75, 3.05) is 12.3 Å². The van der Waals surface area contributed by atoms with E-state index in [1.165, 1.54) is 10.5 Å². The van der Waals surface area contributed by atoms with Crippen LogP contribution < -0.4 is 11.1 Å². The van der Waals surface area contributed by atoms with E-state index < -0.39 is 0 Å². The van der Waals surface area contributed by atoms with Gasteiger partial charge in [0.05, 0.1) is 6.04 Å². The average molecular weight is 278 g/mol. The summed E-state index contributed by atoms with van der Waals surface area (Å²) in [6.45, 7) is 2.73. The van der Waals surface area contributed by atoms with Gasteiger partial charge in [0.1, 0.15) is 0 Å². The fraction of sp³-hybridized carbons (Fsp3) is 0.533. The van der Waals surface area contributed by atoms with E-state index in [2.05, 4.69) is 30.4 Å². The zero-order valence-corrected chi connectivity index (χ0v) is 12.2. The Morgan fingerprint density at radius 3 is 3.11 bits per heavy atom. The number of fused-ring (bicyclic) bond motifs is 1. The number of thioether (sulfide) groups is 1. The maximum atomic E-state index is 12.0. The SMILES string of the molecule is CC(CN)CCC(=O)NC1CCSc2ccccc21. The largest absolute Gasteiger partial charge is 0.349 e. The van der Waals surface area contributed by atoms with Gasteiger partial charge in [-0.3, -0.25) is 4.79 Å². The van der Waals surface area contributed by atoms with E-state index in [4.69, 9.17) is 5.73 Å². The number of nitrogens with one attached hydrogen (secondary N) is 1. The van der Waals surface area contributed by atoms with Gasteiger partial charge in [-0.15, -0.1) is 11.8 Å². The molecule has 1 aliphatic rings. The molecule has 1 heterocycles. The van der Waals surface area contributed by atoms with Crippen molar-refractivity contribution in [2.24, 2.45) is 11.7 Å². The molecule has 104 valence electrons. The second-order valence-corrected chi connectivity index (χ2v) is 6.31. The van der Waals surface area contributed by atoms with Gasteiger partial charge >= 0.3 is 0 Å². The van der Waals surface area contributed by atoms with E-state index in [0.29, 0.717) is 18.9 Å². The highest BCUT2D eigenvalue weighted by Crippen LogP contribution is 2.35. The van der Waals surface area contributed by atoms with Crippen molar-refractivity contribution in [1.82, 2.24) is 5.32 Å². The van der Waals surface area contributed by atoms with Crippen LogP contribution in [0, 0.1) is 5.92 Å². The van der Waals surface area contributed by atoms with Crippen LogP contribution in [0.4, 0.5) is 0 Å². The topological polar surface area (TPSA) is 55.1 Å². The van der Waals surface area contributed by atoms with Crippen molar-refractivity contribution in [1.29, 1.82) is 0 Å². The van der Waals surface area contributed by atoms with Crippen molar-refractivity contribution in [3.8, 4) is 0 Å². The van der Waals surface area contributed by atoms with Gasteiger partial charge in [0.2, 0.25) is 5.91 Å². The van der Waals surface area contributed by atoms with E-state index in [0.717, 1.165) is 18.6 Å². The first-order chi connectivity index (χ1) is 9.20. The maximum absolute atomic E-state index is 12.0. The molecular weight excluding hydrogens is 256 g/mol. The fourth-order valence-corrected chi connectivity index (χ4v) is 3.38. The molecule has 3 N–H and O–H groups in total. The molecule has 2 unspecified atom stereocenters. The standard InChI is InChI=1S/C15H22N2OS/c1-11(10-16)6-7-15(18)17-13-8-9-19-14-5-3-2-4-12(13)14/h2-5,11,13H,6-10,16H2,1H3,(H,17,18). The lowest BCUT2D eigenvalue weighted by Crippen LogP contribution is -2.31. The predicted octanol–water partition coefficient (Wildman–Crippen LogP) is 2.71. The number of hydrogen-bond donors (Lipinski definition) is 2. The summed E-state index contributed by atoms with van der Waals surface area (Å²) in [6.07, 6.45) is 2.45. The number of rotatable bonds is 5. The normalized spacial score (nSPS) is 19.6. The minimum Gasteiger partial charge on any atom is -0.349 e. The molecule has 2 atom stereocenters. The molecule has 3 nitrogen and oxygen atoms in total. The summed E-state index contributed by atoms with van der Waals surface area (Å²) in [5.74, 6) is 1.63. The van der Waals surface area contributed by atoms with Crippen molar-refractivity contribution < 1.29 is 4.79 Å². The van der Waals surface area contributed by atoms with Crippen LogP contribution in [0.15, 0.2) is 29.2 Å². The molecule has 1 aliphatic heterocycles. The van der Waals surface area contributed by atoms with Crippen LogP contribution in [0.1, 0.15) is 37.8 Å². The Balaban J connectivity index is 1.91. The molecule has 0 aromatic heterocycles. The summed E-state index contributed by atoms with van der Waals surface area (Å²) in [4.78, 5) is 13.3. The van der Waals surface area contributed by atoms with Gasteiger partial charge in [-0.1, -0.05) is 25.1 Å². The van der Waals surface area contributed by atoms with Crippen molar-refractivity contribution in [2.45, 2.75) is 37.1 Å². The number of hydrogen-bond acceptors (Lipinski definition) is 3. The highest BCUT2D eigenvalue weighted by Gasteiger charge is 2.21. The summed E-state index contributed by atoms with van der Waals surface area (Å²) < 4.78 is 0. The lowest BCUT2D eigenvalue weighted by molar-refractivity contribution is -0.122. The Kier molecular flexibility index (Phi) is 5.28. The Morgan fingerprint density at radius 2 is 2.32 bits per heavy atom. The Morgan fingerprint density at radius 1 is 1.53 bits per heavy atom. The van der Waals surface area contributed by atoms with Crippen LogP contribution in [0.5, 0.6) is 0 Å². The highest BCUT2D eigenvalue weighted by molar-refractivity contribution is 7.99. The first-order valence-corrected chi connectivity index (χ1v) is 7.90. The first-order valence-electron chi connectivity index (χ1n) is 6.92. The molecule has 0 saturated heterocycles. The van der Waals surface area contributed by atoms with E-state index in [1.807, 2.05) is 17.8 Å². The predicted molar refractivity (Wildman–Crippen MR) is 80.1 cm³/mol. The highest BCUT2D eigenvalue weighted by atomic mass is 32.2. The molecular formula is C15H22N2OS. The van der Waals surface area contributed by atoms with Crippen molar-refractivity contribution in [3.05, 3.63) is 29.8 Å². The summed E-state index contributed by atoms with van der Waals surface area (Å²) in [5, 5.41) is 3.16. The van der Waals surface area contributed by atoms with Crippen molar-refractivity contribution in [3.63, 3.8) is 0 Å². The summed E-state index contributed by atoms with van der Waals surface area (Å²) in [7, 11) is 0. The third-order valence-corrected chi connectivity index (χ3v) is 4.68.